The van der Waals surface area contributed by atoms with Crippen LogP contribution in [-0.4, -0.2) is 146 Å². The van der Waals surface area contributed by atoms with Crippen LogP contribution in [0.3, 0.4) is 0 Å². The average molecular weight is 894 g/mol. The predicted molar refractivity (Wildman–Crippen MR) is 225 cm³/mol. The van der Waals surface area contributed by atoms with Gasteiger partial charge in [0.1, 0.15) is 12.1 Å². The fraction of sp³-hybridized carbons (Fsp3) is 0.366. The molecular formula is C41H48ClN9O12. The van der Waals surface area contributed by atoms with E-state index in [9.17, 15) is 58.8 Å². The molecule has 1 saturated heterocycles. The number of aliphatic hydroxyl groups is 4. The van der Waals surface area contributed by atoms with E-state index >= 15 is 0 Å². The van der Waals surface area contributed by atoms with E-state index in [1.54, 1.807) is 48.5 Å². The van der Waals surface area contributed by atoms with Crippen LogP contribution in [0.1, 0.15) is 30.4 Å². The van der Waals surface area contributed by atoms with Crippen LogP contribution in [0, 0.1) is 0 Å². The van der Waals surface area contributed by atoms with Crippen molar-refractivity contribution in [1.29, 1.82) is 0 Å². The van der Waals surface area contributed by atoms with E-state index < -0.39 is 122 Å². The summed E-state index contributed by atoms with van der Waals surface area (Å²) in [6.07, 6.45) is -3.59. The third kappa shape index (κ3) is 12.9. The summed E-state index contributed by atoms with van der Waals surface area (Å²) in [5.41, 5.74) is 6.89. The summed E-state index contributed by atoms with van der Waals surface area (Å²) in [7, 11) is 1.24. The topological polar surface area (TPSA) is 324 Å². The van der Waals surface area contributed by atoms with Gasteiger partial charge in [-0.05, 0) is 29.7 Å². The second-order valence-corrected chi connectivity index (χ2v) is 15.4. The summed E-state index contributed by atoms with van der Waals surface area (Å²) in [5.74, 6) is -6.25. The zero-order valence-electron chi connectivity index (χ0n) is 33.8. The highest BCUT2D eigenvalue weighted by molar-refractivity contribution is 6.31. The van der Waals surface area contributed by atoms with Gasteiger partial charge in [0, 0.05) is 48.4 Å². The third-order valence-electron chi connectivity index (χ3n) is 10.1. The van der Waals surface area contributed by atoms with Crippen LogP contribution in [-0.2, 0) is 40.0 Å². The highest BCUT2D eigenvalue weighted by atomic mass is 35.5. The van der Waals surface area contributed by atoms with Crippen molar-refractivity contribution in [2.75, 3.05) is 26.7 Å². The number of likely N-dealkylation sites (N-methyl/N-ethyl adjacent to an activating group) is 1. The van der Waals surface area contributed by atoms with Gasteiger partial charge >= 0.3 is 6.03 Å². The molecule has 2 aliphatic heterocycles. The summed E-state index contributed by atoms with van der Waals surface area (Å²) in [6.45, 7) is -1.85. The molecule has 5 rings (SSSR count). The number of rotatable bonds is 7. The van der Waals surface area contributed by atoms with Gasteiger partial charge in [-0.2, -0.15) is 0 Å². The van der Waals surface area contributed by atoms with Crippen molar-refractivity contribution in [1.82, 2.24) is 41.4 Å². The normalized spacial score (nSPS) is 24.5. The first-order valence-electron chi connectivity index (χ1n) is 19.6. The number of nitrogens with one attached hydrogen (secondary N) is 6. The van der Waals surface area contributed by atoms with Gasteiger partial charge in [0.25, 0.3) is 5.91 Å². The Kier molecular flexibility index (Phi) is 16.1. The molecule has 3 aromatic rings. The zero-order chi connectivity index (χ0) is 46.0. The molecule has 63 heavy (non-hydrogen) atoms. The fourth-order valence-corrected chi connectivity index (χ4v) is 7.02. The maximum absolute atomic E-state index is 13.6. The summed E-state index contributed by atoms with van der Waals surface area (Å²) < 4.78 is 1.10. The molecule has 1 aromatic heterocycles. The molecule has 2 aromatic carbocycles. The molecule has 0 spiro atoms. The average Bonchev–Trinajstić information content (AvgIpc) is 3.77. The standard InChI is InChI=1S/C41H48ClN9O12/c1-50-20-34(57)47-28(12-22-19-51(41(43)63)29-13-23(42)10-11-25(22)29)39(61)45-18-33(56)44-17-24(52)14-31(54)49-36(37(59)30(53)9-5-8-21-6-3-2-4-7-21)38(60)40(62)48-26-15-32(55)46-27(26)16-35(50)58/h2-8,10-11,13,16,19,24,26,28,30,36-38,52-53,59-60H,9,12,14-15,17-18,20H2,1H3,(H2,43,63)(H,44,56)(H,45,61)(H,46,55)(H,47,57)(H,48,62)(H,49,54)/b8-5+,27-16-. The maximum atomic E-state index is 13.6. The fourth-order valence-electron chi connectivity index (χ4n) is 6.85. The van der Waals surface area contributed by atoms with Crippen LogP contribution in [0.5, 0.6) is 0 Å². The first-order chi connectivity index (χ1) is 29.9. The largest absolute Gasteiger partial charge is 0.391 e. The molecule has 8 amide bonds. The lowest BCUT2D eigenvalue weighted by Gasteiger charge is -2.31. The maximum Gasteiger partial charge on any atom is 0.323 e. The van der Waals surface area contributed by atoms with Crippen LogP contribution >= 0.6 is 11.6 Å². The Balaban J connectivity index is 1.39. The summed E-state index contributed by atoms with van der Waals surface area (Å²) >= 11 is 6.14. The Morgan fingerprint density at radius 1 is 0.905 bits per heavy atom. The molecule has 22 heteroatoms. The number of aromatic nitrogens is 1. The Morgan fingerprint density at radius 3 is 2.35 bits per heavy atom. The van der Waals surface area contributed by atoms with Crippen molar-refractivity contribution in [2.45, 2.75) is 68.2 Å². The molecule has 0 saturated carbocycles. The number of aliphatic hydroxyl groups excluding tert-OH is 4. The van der Waals surface area contributed by atoms with E-state index in [0.29, 0.717) is 16.5 Å². The third-order valence-corrected chi connectivity index (χ3v) is 10.4. The van der Waals surface area contributed by atoms with Crippen LogP contribution in [0.4, 0.5) is 4.79 Å². The second kappa shape index (κ2) is 21.4. The summed E-state index contributed by atoms with van der Waals surface area (Å²) in [4.78, 5) is 105. The number of primary amides is 1. The minimum Gasteiger partial charge on any atom is -0.391 e. The minimum absolute atomic E-state index is 0.132. The van der Waals surface area contributed by atoms with Crippen molar-refractivity contribution in [3.63, 3.8) is 0 Å². The van der Waals surface area contributed by atoms with E-state index in [1.807, 2.05) is 0 Å². The molecule has 0 radical (unpaired) electrons. The van der Waals surface area contributed by atoms with Gasteiger partial charge in [0.2, 0.25) is 35.4 Å². The molecule has 0 bridgehead atoms. The Labute approximate surface area is 364 Å². The predicted octanol–water partition coefficient (Wildman–Crippen LogP) is -2.74. The minimum atomic E-state index is -2.27. The number of carbonyl (C=O) groups excluding carboxylic acids is 8. The quantitative estimate of drug-likeness (QED) is 0.115. The molecule has 12 N–H and O–H groups in total. The van der Waals surface area contributed by atoms with Crippen molar-refractivity contribution in [3.05, 3.63) is 88.7 Å². The zero-order valence-corrected chi connectivity index (χ0v) is 34.6. The van der Waals surface area contributed by atoms with E-state index in [2.05, 4.69) is 31.9 Å². The molecule has 3 heterocycles. The van der Waals surface area contributed by atoms with Gasteiger partial charge in [-0.15, -0.1) is 0 Å². The van der Waals surface area contributed by atoms with Gasteiger partial charge in [-0.1, -0.05) is 60.2 Å². The molecular weight excluding hydrogens is 846 g/mol. The number of amides is 8. The Morgan fingerprint density at radius 2 is 1.63 bits per heavy atom. The van der Waals surface area contributed by atoms with Crippen molar-refractivity contribution < 1.29 is 58.8 Å². The van der Waals surface area contributed by atoms with E-state index in [4.69, 9.17) is 17.3 Å². The molecule has 2 aliphatic rings. The molecule has 7 atom stereocenters. The number of fused-ring (bicyclic) bond motifs is 2. The molecule has 0 aliphatic carbocycles. The number of hydrogen-bond donors (Lipinski definition) is 11. The molecule has 21 nitrogen and oxygen atoms in total. The number of nitrogens with two attached hydrogens (primary N) is 1. The SMILES string of the molecule is CN1CC(=O)NC(Cc2cn(C(N)=O)c3cc(Cl)ccc23)C(=O)NCC(=O)NCC(O)CC(=O)NC(C(O)C(O)C/C=C/c2ccccc2)C(O)C(=O)NC2CC(=O)N/C2=C\C1=O. The van der Waals surface area contributed by atoms with Crippen LogP contribution in [0.2, 0.25) is 5.02 Å². The van der Waals surface area contributed by atoms with Crippen LogP contribution < -0.4 is 37.6 Å². The number of benzene rings is 2. The lowest BCUT2D eigenvalue weighted by Crippen LogP contribution is -2.60. The molecule has 336 valence electrons. The number of carbonyl (C=O) groups is 8. The molecule has 7 unspecified atom stereocenters. The van der Waals surface area contributed by atoms with Gasteiger partial charge in [0.15, 0.2) is 6.10 Å². The van der Waals surface area contributed by atoms with E-state index in [1.165, 1.54) is 25.4 Å². The highest BCUT2D eigenvalue weighted by Crippen LogP contribution is 2.26. The monoisotopic (exact) mass is 893 g/mol. The van der Waals surface area contributed by atoms with Gasteiger partial charge in [0.05, 0.1) is 55.7 Å². The second-order valence-electron chi connectivity index (χ2n) is 15.0. The van der Waals surface area contributed by atoms with E-state index in [-0.39, 0.29) is 23.6 Å². The number of nitrogens with zero attached hydrogens (tertiary/aromatic N) is 2. The van der Waals surface area contributed by atoms with Gasteiger partial charge in [-0.25, -0.2) is 4.79 Å². The lowest BCUT2D eigenvalue weighted by molar-refractivity contribution is -0.138. The van der Waals surface area contributed by atoms with E-state index in [0.717, 1.165) is 21.1 Å². The van der Waals surface area contributed by atoms with Crippen molar-refractivity contribution >= 4 is 76.0 Å². The van der Waals surface area contributed by atoms with Crippen LogP contribution in [0.25, 0.3) is 17.0 Å². The van der Waals surface area contributed by atoms with Crippen molar-refractivity contribution in [3.8, 4) is 0 Å². The number of β-amino-alcohol motifs (C(OH)–C–C–N with tert-alkyl or cyclic N) is 1. The Bertz CT molecular complexity index is 2300. The highest BCUT2D eigenvalue weighted by Gasteiger charge is 2.39. The summed E-state index contributed by atoms with van der Waals surface area (Å²) in [6, 6.07) is 8.15. The molecule has 1 fully saturated rings. The van der Waals surface area contributed by atoms with Gasteiger partial charge < -0.3 is 63.0 Å². The first kappa shape index (κ1) is 47.4. The van der Waals surface area contributed by atoms with Crippen molar-refractivity contribution in [2.24, 2.45) is 5.73 Å². The number of hydrogen-bond acceptors (Lipinski definition) is 12. The smallest absolute Gasteiger partial charge is 0.323 e. The van der Waals surface area contributed by atoms with Gasteiger partial charge in [-0.3, -0.25) is 38.1 Å². The summed E-state index contributed by atoms with van der Waals surface area (Å²) in [5, 5.41) is 59.0. The lowest BCUT2D eigenvalue weighted by atomic mass is 9.96. The first-order valence-corrected chi connectivity index (χ1v) is 20.0. The number of halogens is 1. The Hall–Kier alpha value is -6.65. The van der Waals surface area contributed by atoms with Crippen LogP contribution in [0.15, 0.2) is 72.6 Å².